The Hall–Kier alpha value is -1.78. The van der Waals surface area contributed by atoms with Gasteiger partial charge in [-0.15, -0.1) is 0 Å². The monoisotopic (exact) mass is 291 g/mol. The third-order valence-corrected chi connectivity index (χ3v) is 4.53. The fraction of sp³-hybridized carbons (Fsp3) is 0.625. The second-order valence-electron chi connectivity index (χ2n) is 6.81. The van der Waals surface area contributed by atoms with Gasteiger partial charge < -0.3 is 10.2 Å². The van der Waals surface area contributed by atoms with Crippen molar-refractivity contribution in [3.8, 4) is 0 Å². The number of anilines is 2. The third-order valence-electron chi connectivity index (χ3n) is 4.53. The number of hydrogen-bond donors (Lipinski definition) is 1. The molecule has 5 heteroatoms. The summed E-state index contributed by atoms with van der Waals surface area (Å²) in [6.45, 7) is 8.60. The molecule has 0 aliphatic carbocycles. The van der Waals surface area contributed by atoms with Crippen molar-refractivity contribution in [2.75, 3.05) is 30.4 Å². The summed E-state index contributed by atoms with van der Waals surface area (Å²) < 4.78 is 0. The van der Waals surface area contributed by atoms with Gasteiger partial charge in [0.05, 0.1) is 4.92 Å². The van der Waals surface area contributed by atoms with E-state index in [-0.39, 0.29) is 10.6 Å². The van der Waals surface area contributed by atoms with Crippen LogP contribution in [0.1, 0.15) is 33.6 Å². The van der Waals surface area contributed by atoms with Gasteiger partial charge in [-0.1, -0.05) is 26.8 Å². The van der Waals surface area contributed by atoms with Crippen molar-refractivity contribution in [3.63, 3.8) is 0 Å². The maximum absolute atomic E-state index is 11.4. The molecule has 0 bridgehead atoms. The van der Waals surface area contributed by atoms with Crippen LogP contribution in [0.15, 0.2) is 18.2 Å². The van der Waals surface area contributed by atoms with Gasteiger partial charge in [0.2, 0.25) is 0 Å². The predicted octanol–water partition coefficient (Wildman–Crippen LogP) is 3.90. The van der Waals surface area contributed by atoms with E-state index in [4.69, 9.17) is 0 Å². The summed E-state index contributed by atoms with van der Waals surface area (Å²) in [5.41, 5.74) is 1.81. The molecule has 0 spiro atoms. The van der Waals surface area contributed by atoms with Crippen molar-refractivity contribution >= 4 is 17.1 Å². The van der Waals surface area contributed by atoms with Crippen LogP contribution in [-0.4, -0.2) is 25.1 Å². The summed E-state index contributed by atoms with van der Waals surface area (Å²) in [6.07, 6.45) is 2.18. The smallest absolute Gasteiger partial charge is 0.315 e. The minimum Gasteiger partial charge on any atom is -0.382 e. The molecule has 116 valence electrons. The maximum Gasteiger partial charge on any atom is 0.315 e. The SMILES string of the molecule is CNc1cccc(N2CCC(C(C)(C)C)CC2)c1[N+](=O)[O-]. The average Bonchev–Trinajstić information content (AvgIpc) is 2.45. The van der Waals surface area contributed by atoms with Gasteiger partial charge in [-0.2, -0.15) is 0 Å². The molecule has 1 saturated heterocycles. The predicted molar refractivity (Wildman–Crippen MR) is 87.0 cm³/mol. The van der Waals surface area contributed by atoms with Gasteiger partial charge in [0.1, 0.15) is 11.4 Å². The number of nitrogens with one attached hydrogen (secondary N) is 1. The lowest BCUT2D eigenvalue weighted by Gasteiger charge is -2.39. The highest BCUT2D eigenvalue weighted by atomic mass is 16.6. The molecule has 0 saturated carbocycles. The van der Waals surface area contributed by atoms with Crippen LogP contribution in [0.4, 0.5) is 17.1 Å². The van der Waals surface area contributed by atoms with Crippen LogP contribution >= 0.6 is 0 Å². The van der Waals surface area contributed by atoms with Crippen LogP contribution in [-0.2, 0) is 0 Å². The summed E-state index contributed by atoms with van der Waals surface area (Å²) in [7, 11) is 1.72. The zero-order valence-electron chi connectivity index (χ0n) is 13.3. The average molecular weight is 291 g/mol. The molecule has 0 radical (unpaired) electrons. The van der Waals surface area contributed by atoms with Crippen molar-refractivity contribution in [1.82, 2.24) is 0 Å². The number of benzene rings is 1. The first kappa shape index (κ1) is 15.6. The Morgan fingerprint density at radius 3 is 2.38 bits per heavy atom. The molecule has 0 atom stereocenters. The van der Waals surface area contributed by atoms with E-state index < -0.39 is 0 Å². The molecule has 1 fully saturated rings. The molecule has 0 amide bonds. The molecule has 1 N–H and O–H groups in total. The van der Waals surface area contributed by atoms with E-state index in [1.54, 1.807) is 13.1 Å². The number of nitro benzene ring substituents is 1. The van der Waals surface area contributed by atoms with Crippen LogP contribution in [0.3, 0.4) is 0 Å². The Morgan fingerprint density at radius 2 is 1.90 bits per heavy atom. The minimum atomic E-state index is -0.281. The van der Waals surface area contributed by atoms with Gasteiger partial charge in [0.25, 0.3) is 0 Å². The Balaban J connectivity index is 2.23. The van der Waals surface area contributed by atoms with Crippen LogP contribution in [0.5, 0.6) is 0 Å². The second-order valence-corrected chi connectivity index (χ2v) is 6.81. The largest absolute Gasteiger partial charge is 0.382 e. The number of nitrogens with zero attached hydrogens (tertiary/aromatic N) is 2. The summed E-state index contributed by atoms with van der Waals surface area (Å²) >= 11 is 0. The Kier molecular flexibility index (Phi) is 4.40. The maximum atomic E-state index is 11.4. The Morgan fingerprint density at radius 1 is 1.29 bits per heavy atom. The minimum absolute atomic E-state index is 0.189. The van der Waals surface area contributed by atoms with E-state index >= 15 is 0 Å². The topological polar surface area (TPSA) is 58.4 Å². The normalized spacial score (nSPS) is 16.9. The van der Waals surface area contributed by atoms with Crippen molar-refractivity contribution in [2.45, 2.75) is 33.6 Å². The van der Waals surface area contributed by atoms with Crippen LogP contribution in [0.2, 0.25) is 0 Å². The first-order valence-electron chi connectivity index (χ1n) is 7.54. The quantitative estimate of drug-likeness (QED) is 0.678. The molecule has 0 unspecified atom stereocenters. The first-order valence-corrected chi connectivity index (χ1v) is 7.54. The molecular weight excluding hydrogens is 266 g/mol. The molecule has 1 aliphatic heterocycles. The lowest BCUT2D eigenvalue weighted by atomic mass is 9.75. The number of para-hydroxylation sites is 1. The Labute approximate surface area is 126 Å². The number of nitro groups is 1. The molecule has 1 heterocycles. The van der Waals surface area contributed by atoms with Gasteiger partial charge in [0, 0.05) is 20.1 Å². The van der Waals surface area contributed by atoms with Gasteiger partial charge in [0.15, 0.2) is 0 Å². The van der Waals surface area contributed by atoms with Crippen LogP contribution in [0, 0.1) is 21.4 Å². The summed E-state index contributed by atoms with van der Waals surface area (Å²) in [4.78, 5) is 13.3. The highest BCUT2D eigenvalue weighted by Crippen LogP contribution is 2.40. The van der Waals surface area contributed by atoms with Crippen LogP contribution < -0.4 is 10.2 Å². The van der Waals surface area contributed by atoms with Crippen molar-refractivity contribution < 1.29 is 4.92 Å². The molecule has 1 aromatic rings. The zero-order chi connectivity index (χ0) is 15.6. The van der Waals surface area contributed by atoms with Crippen molar-refractivity contribution in [3.05, 3.63) is 28.3 Å². The standard InChI is InChI=1S/C16H25N3O2/c1-16(2,3)12-8-10-18(11-9-12)14-7-5-6-13(17-4)15(14)19(20)21/h5-7,12,17H,8-11H2,1-4H3. The van der Waals surface area contributed by atoms with Crippen LogP contribution in [0.25, 0.3) is 0 Å². The lowest BCUT2D eigenvalue weighted by molar-refractivity contribution is -0.383. The highest BCUT2D eigenvalue weighted by Gasteiger charge is 2.31. The molecule has 1 aliphatic rings. The summed E-state index contributed by atoms with van der Waals surface area (Å²) in [6, 6.07) is 5.49. The summed E-state index contributed by atoms with van der Waals surface area (Å²) in [5.74, 6) is 0.681. The number of rotatable bonds is 3. The van der Waals surface area contributed by atoms with Crippen molar-refractivity contribution in [2.24, 2.45) is 11.3 Å². The number of hydrogen-bond acceptors (Lipinski definition) is 4. The lowest BCUT2D eigenvalue weighted by Crippen LogP contribution is -2.38. The van der Waals surface area contributed by atoms with E-state index in [1.165, 1.54) is 0 Å². The second kappa shape index (κ2) is 5.92. The number of piperidine rings is 1. The fourth-order valence-corrected chi connectivity index (χ4v) is 3.17. The van der Waals surface area contributed by atoms with E-state index in [1.807, 2.05) is 12.1 Å². The van der Waals surface area contributed by atoms with Gasteiger partial charge in [-0.05, 0) is 36.3 Å². The van der Waals surface area contributed by atoms with Gasteiger partial charge >= 0.3 is 5.69 Å². The highest BCUT2D eigenvalue weighted by molar-refractivity contribution is 5.77. The molecule has 2 rings (SSSR count). The molecule has 0 aromatic heterocycles. The van der Waals surface area contributed by atoms with E-state index in [9.17, 15) is 10.1 Å². The summed E-state index contributed by atoms with van der Waals surface area (Å²) in [5, 5.41) is 14.3. The van der Waals surface area contributed by atoms with E-state index in [2.05, 4.69) is 31.0 Å². The molecule has 21 heavy (non-hydrogen) atoms. The van der Waals surface area contributed by atoms with Crippen molar-refractivity contribution in [1.29, 1.82) is 0 Å². The first-order chi connectivity index (χ1) is 9.84. The van der Waals surface area contributed by atoms with Gasteiger partial charge in [-0.3, -0.25) is 10.1 Å². The third kappa shape index (κ3) is 3.28. The Bertz CT molecular complexity index is 515. The van der Waals surface area contributed by atoms with Gasteiger partial charge in [-0.25, -0.2) is 0 Å². The van der Waals surface area contributed by atoms with E-state index in [0.717, 1.165) is 31.6 Å². The fourth-order valence-electron chi connectivity index (χ4n) is 3.17. The van der Waals surface area contributed by atoms with E-state index in [0.29, 0.717) is 17.0 Å². The molecular formula is C16H25N3O2. The molecule has 1 aromatic carbocycles. The zero-order valence-corrected chi connectivity index (χ0v) is 13.3. The molecule has 5 nitrogen and oxygen atoms in total.